The third kappa shape index (κ3) is 67.1. The summed E-state index contributed by atoms with van der Waals surface area (Å²) in [5.41, 5.74) is 0. The first-order valence-electron chi connectivity index (χ1n) is 35.4. The lowest BCUT2D eigenvalue weighted by Gasteiger charge is -2.30. The zero-order chi connectivity index (χ0) is 60.5. The molecule has 8 nitrogen and oxygen atoms in total. The van der Waals surface area contributed by atoms with Crippen molar-refractivity contribution in [2.45, 2.75) is 341 Å². The number of allylic oxidation sites excluding steroid dienone is 14. The molecule has 0 rings (SSSR count). The van der Waals surface area contributed by atoms with Gasteiger partial charge in [-0.15, -0.1) is 0 Å². The molecule has 0 aromatic rings. The highest BCUT2D eigenvalue weighted by atomic mass is 31.2. The van der Waals surface area contributed by atoms with Crippen molar-refractivity contribution in [2.75, 3.05) is 40.9 Å². The van der Waals surface area contributed by atoms with Gasteiger partial charge in [0.25, 0.3) is 7.82 Å². The van der Waals surface area contributed by atoms with Gasteiger partial charge in [-0.25, -0.2) is 0 Å². The van der Waals surface area contributed by atoms with E-state index < -0.39 is 20.0 Å². The molecule has 2 N–H and O–H groups in total. The fourth-order valence-electron chi connectivity index (χ4n) is 10.4. The number of aliphatic hydroxyl groups excluding tert-OH is 1. The summed E-state index contributed by atoms with van der Waals surface area (Å²) in [6.07, 6.45) is 90.8. The minimum Gasteiger partial charge on any atom is -0.756 e. The third-order valence-electron chi connectivity index (χ3n) is 15.9. The molecule has 0 fully saturated rings. The Hall–Kier alpha value is -2.32. The zero-order valence-electron chi connectivity index (χ0n) is 55.4. The van der Waals surface area contributed by atoms with Crippen molar-refractivity contribution in [3.05, 3.63) is 85.1 Å². The van der Waals surface area contributed by atoms with Gasteiger partial charge in [-0.3, -0.25) is 9.36 Å². The summed E-state index contributed by atoms with van der Waals surface area (Å²) in [4.78, 5) is 25.7. The number of nitrogens with zero attached hydrogens (tertiary/aromatic N) is 1. The van der Waals surface area contributed by atoms with Crippen LogP contribution in [0, 0.1) is 0 Å². The summed E-state index contributed by atoms with van der Waals surface area (Å²) in [6.45, 7) is 4.64. The minimum absolute atomic E-state index is 0.0102. The van der Waals surface area contributed by atoms with E-state index in [-0.39, 0.29) is 19.1 Å². The molecule has 0 saturated carbocycles. The number of hydrogen-bond acceptors (Lipinski definition) is 6. The lowest BCUT2D eigenvalue weighted by atomic mass is 10.0. The van der Waals surface area contributed by atoms with Crippen LogP contribution in [0.5, 0.6) is 0 Å². The van der Waals surface area contributed by atoms with E-state index in [1.54, 1.807) is 0 Å². The first-order chi connectivity index (χ1) is 40.5. The van der Waals surface area contributed by atoms with E-state index in [1.165, 1.54) is 218 Å². The number of phosphoric acid groups is 1. The summed E-state index contributed by atoms with van der Waals surface area (Å²) in [5.74, 6) is -0.164. The Bertz CT molecular complexity index is 1630. The van der Waals surface area contributed by atoms with Gasteiger partial charge in [0.1, 0.15) is 13.2 Å². The topological polar surface area (TPSA) is 108 Å². The van der Waals surface area contributed by atoms with Gasteiger partial charge in [0.2, 0.25) is 5.91 Å². The average molecular weight is 1180 g/mol. The van der Waals surface area contributed by atoms with E-state index in [0.29, 0.717) is 23.9 Å². The molecule has 83 heavy (non-hydrogen) atoms. The molecule has 0 heterocycles. The summed E-state index contributed by atoms with van der Waals surface area (Å²) in [5, 5.41) is 14.1. The van der Waals surface area contributed by atoms with Crippen LogP contribution in [0.4, 0.5) is 0 Å². The number of nitrogens with one attached hydrogen (secondary N) is 1. The Labute approximate surface area is 516 Å². The molecule has 0 radical (unpaired) electrons. The van der Waals surface area contributed by atoms with Crippen LogP contribution in [0.25, 0.3) is 0 Å². The number of rotatable bonds is 65. The van der Waals surface area contributed by atoms with Gasteiger partial charge in [-0.1, -0.05) is 336 Å². The Balaban J connectivity index is 4.05. The molecule has 0 aromatic carbocycles. The standard InChI is InChI=1S/C74H137N2O6P/c1-6-8-10-12-14-16-18-20-22-24-26-28-30-32-34-35-36-37-38-39-40-41-42-44-46-48-50-52-54-56-58-60-62-64-66-68-74(78)75-72(71-82-83(79,80)81-70-69-76(3,4)5)73(77)67-65-63-61-59-57-55-53-51-49-47-45-43-33-31-29-27-25-23-21-19-17-15-13-11-9-7-2/h8,10,14,16,20,22,26,28,32,34,36-37,39-40,72-73,77H,6-7,9,11-13,15,17-19,21,23-25,27,29-31,33,35,38,41-71H2,1-5H3,(H-,75,78,79,80)/b10-8-,16-14-,22-20-,28-26-,34-32-,37-36-,40-39-. The van der Waals surface area contributed by atoms with Crippen LogP contribution in [0.1, 0.15) is 328 Å². The number of quaternary nitrogens is 1. The van der Waals surface area contributed by atoms with Gasteiger partial charge >= 0.3 is 0 Å². The normalized spacial score (nSPS) is 14.2. The van der Waals surface area contributed by atoms with Crippen molar-refractivity contribution in [3.63, 3.8) is 0 Å². The second-order valence-corrected chi connectivity index (χ2v) is 26.6. The number of phosphoric ester groups is 1. The third-order valence-corrected chi connectivity index (χ3v) is 16.9. The van der Waals surface area contributed by atoms with Crippen molar-refractivity contribution in [1.29, 1.82) is 0 Å². The number of likely N-dealkylation sites (N-methyl/N-ethyl adjacent to an activating group) is 1. The quantitative estimate of drug-likeness (QED) is 0.0272. The average Bonchev–Trinajstić information content (AvgIpc) is 3.49. The molecule has 3 atom stereocenters. The van der Waals surface area contributed by atoms with Crippen LogP contribution >= 0.6 is 7.82 Å². The second kappa shape index (κ2) is 64.2. The fourth-order valence-corrected chi connectivity index (χ4v) is 11.2. The molecule has 9 heteroatoms. The SMILES string of the molecule is CC/C=C\C/C=C\C/C=C\C/C=C\C/C=C\C/C=C\C/C=C\CCCCCCCCCCCCCCCC(=O)NC(COP(=O)([O-])OCC[N+](C)(C)C)C(O)CCCCCCCCCCCCCCCCCCCCCCCCCCCC. The number of carbonyl (C=O) groups excluding carboxylic acids is 1. The van der Waals surface area contributed by atoms with E-state index in [2.05, 4.69) is 104 Å². The molecule has 0 spiro atoms. The first kappa shape index (κ1) is 80.7. The minimum atomic E-state index is -4.58. The van der Waals surface area contributed by atoms with Crippen molar-refractivity contribution in [3.8, 4) is 0 Å². The smallest absolute Gasteiger partial charge is 0.268 e. The molecule has 0 aromatic heterocycles. The fraction of sp³-hybridized carbons (Fsp3) is 0.797. The van der Waals surface area contributed by atoms with E-state index in [1.807, 2.05) is 21.1 Å². The highest BCUT2D eigenvalue weighted by Crippen LogP contribution is 2.38. The number of hydrogen-bond donors (Lipinski definition) is 2. The lowest BCUT2D eigenvalue weighted by molar-refractivity contribution is -0.870. The number of unbranched alkanes of at least 4 members (excludes halogenated alkanes) is 38. The van der Waals surface area contributed by atoms with Crippen LogP contribution in [0.15, 0.2) is 85.1 Å². The Morgan fingerprint density at radius 1 is 0.434 bits per heavy atom. The van der Waals surface area contributed by atoms with E-state index in [9.17, 15) is 19.4 Å². The van der Waals surface area contributed by atoms with Crippen LogP contribution in [-0.4, -0.2) is 68.5 Å². The molecular weight excluding hydrogens is 1040 g/mol. The van der Waals surface area contributed by atoms with Crippen LogP contribution in [0.2, 0.25) is 0 Å². The van der Waals surface area contributed by atoms with Crippen molar-refractivity contribution < 1.29 is 32.9 Å². The molecule has 0 aliphatic heterocycles. The number of aliphatic hydroxyl groups is 1. The maximum atomic E-state index is 13.1. The second-order valence-electron chi connectivity index (χ2n) is 25.2. The van der Waals surface area contributed by atoms with Gasteiger partial charge in [0.05, 0.1) is 39.9 Å². The predicted octanol–water partition coefficient (Wildman–Crippen LogP) is 22.1. The maximum Gasteiger partial charge on any atom is 0.268 e. The molecule has 0 saturated heterocycles. The molecule has 3 unspecified atom stereocenters. The summed E-state index contributed by atoms with van der Waals surface area (Å²) in [7, 11) is 1.31. The molecule has 0 bridgehead atoms. The van der Waals surface area contributed by atoms with Gasteiger partial charge in [-0.2, -0.15) is 0 Å². The largest absolute Gasteiger partial charge is 0.756 e. The highest BCUT2D eigenvalue weighted by molar-refractivity contribution is 7.45. The first-order valence-corrected chi connectivity index (χ1v) is 36.9. The van der Waals surface area contributed by atoms with E-state index in [0.717, 1.165) is 83.5 Å². The predicted molar refractivity (Wildman–Crippen MR) is 362 cm³/mol. The van der Waals surface area contributed by atoms with E-state index in [4.69, 9.17) is 9.05 Å². The maximum absolute atomic E-state index is 13.1. The summed E-state index contributed by atoms with van der Waals surface area (Å²) >= 11 is 0. The monoisotopic (exact) mass is 1180 g/mol. The Kier molecular flexibility index (Phi) is 62.4. The number of amides is 1. The molecule has 0 aliphatic rings. The van der Waals surface area contributed by atoms with Gasteiger partial charge < -0.3 is 28.8 Å². The molecule has 0 aliphatic carbocycles. The van der Waals surface area contributed by atoms with Gasteiger partial charge in [0.15, 0.2) is 0 Å². The highest BCUT2D eigenvalue weighted by Gasteiger charge is 2.24. The Morgan fingerprint density at radius 3 is 1.07 bits per heavy atom. The Morgan fingerprint density at radius 2 is 0.735 bits per heavy atom. The van der Waals surface area contributed by atoms with Gasteiger partial charge in [-0.05, 0) is 70.6 Å². The number of carbonyl (C=O) groups is 1. The summed E-state index contributed by atoms with van der Waals surface area (Å²) < 4.78 is 23.5. The van der Waals surface area contributed by atoms with Gasteiger partial charge in [0, 0.05) is 6.42 Å². The molecule has 1 amide bonds. The van der Waals surface area contributed by atoms with Crippen molar-refractivity contribution in [2.24, 2.45) is 0 Å². The van der Waals surface area contributed by atoms with Crippen LogP contribution in [0.3, 0.4) is 0 Å². The summed E-state index contributed by atoms with van der Waals surface area (Å²) in [6, 6.07) is -0.807. The van der Waals surface area contributed by atoms with Crippen molar-refractivity contribution in [1.82, 2.24) is 5.32 Å². The lowest BCUT2D eigenvalue weighted by Crippen LogP contribution is -2.46. The van der Waals surface area contributed by atoms with Crippen molar-refractivity contribution >= 4 is 13.7 Å². The van der Waals surface area contributed by atoms with Crippen LogP contribution < -0.4 is 10.2 Å². The van der Waals surface area contributed by atoms with E-state index >= 15 is 0 Å². The molecule has 484 valence electrons. The zero-order valence-corrected chi connectivity index (χ0v) is 56.3. The van der Waals surface area contributed by atoms with Crippen LogP contribution in [-0.2, 0) is 18.4 Å². The molecular formula is C74H137N2O6P.